The molecule has 2 nitrogen and oxygen atoms in total. The molecular weight excluding hydrogens is 278 g/mol. The van der Waals surface area contributed by atoms with Gasteiger partial charge in [-0.15, -0.1) is 0 Å². The Labute approximate surface area is 50.2 Å². The van der Waals surface area contributed by atoms with Gasteiger partial charge in [-0.1, -0.05) is 0 Å². The van der Waals surface area contributed by atoms with Gasteiger partial charge in [0.25, 0.3) is 0 Å². The maximum Gasteiger partial charge on any atom is 0 e. The van der Waals surface area contributed by atoms with Crippen LogP contribution in [0.25, 0.3) is 0 Å². The first-order valence-corrected chi connectivity index (χ1v) is 1.55. The second-order valence-electron chi connectivity index (χ2n) is 0. The minimum Gasteiger partial charge on any atom is -0.380 e. The molecule has 5 heteroatoms. The molecule has 0 aliphatic rings. The van der Waals surface area contributed by atoms with Crippen LogP contribution in [0.15, 0.2) is 0 Å². The van der Waals surface area contributed by atoms with Crippen molar-refractivity contribution in [3.05, 3.63) is 0 Å². The first kappa shape index (κ1) is 16.1. The van der Waals surface area contributed by atoms with Crippen molar-refractivity contribution in [1.82, 2.24) is 0 Å². The monoisotopic (exact) mass is 284 g/mol. The smallest absolute Gasteiger partial charge is 0 e. The summed E-state index contributed by atoms with van der Waals surface area (Å²) in [4.78, 5) is 13.8. The van der Waals surface area contributed by atoms with Crippen molar-refractivity contribution in [2.24, 2.45) is 0 Å². The van der Waals surface area contributed by atoms with Crippen LogP contribution in [-0.2, 0) is 21.1 Å². The molecule has 5 heavy (non-hydrogen) atoms. The molecule has 0 heterocycles. The fourth-order valence-corrected chi connectivity index (χ4v) is 0. The van der Waals surface area contributed by atoms with E-state index in [1.54, 1.807) is 0 Å². The average molecular weight is 284 g/mol. The quantitative estimate of drug-likeness (QED) is 0.591. The van der Waals surface area contributed by atoms with Gasteiger partial charge in [0.1, 0.15) is 0 Å². The Kier molecular flexibility index (Phi) is 163. The molecule has 0 aliphatic heterocycles. The van der Waals surface area contributed by atoms with Gasteiger partial charge in [-0.3, -0.25) is 0 Å². The largest absolute Gasteiger partial charge is 0.380 e. The topological polar surface area (TPSA) is 40.5 Å². The molecule has 0 aromatic rings. The van der Waals surface area contributed by atoms with Crippen LogP contribution in [0.2, 0.25) is 0 Å². The van der Waals surface area contributed by atoms with Crippen LogP contribution in [0.4, 0.5) is 0 Å². The van der Waals surface area contributed by atoms with Crippen LogP contribution in [0, 0.1) is 0 Å². The Morgan fingerprint density at radius 1 is 0.800 bits per heavy atom. The zero-order valence-electron chi connectivity index (χ0n) is 2.46. The van der Waals surface area contributed by atoms with E-state index in [0.717, 1.165) is 0 Å². The number of hydrogen-bond donors (Lipinski definition) is 2. The van der Waals surface area contributed by atoms with E-state index in [9.17, 15) is 0 Å². The third-order valence-corrected chi connectivity index (χ3v) is 0. The van der Waals surface area contributed by atoms with Crippen LogP contribution in [0.5, 0.6) is 0 Å². The minimum absolute atomic E-state index is 0. The predicted octanol–water partition coefficient (Wildman–Crippen LogP) is -0.465. The van der Waals surface area contributed by atoms with E-state index < -0.39 is 0 Å². The normalized spacial score (nSPS) is 2.40. The van der Waals surface area contributed by atoms with E-state index in [0.29, 0.717) is 0 Å². The molecule has 2 atom stereocenters. The number of hydrogen-bond acceptors (Lipinski definition) is 2. The molecule has 0 radical (unpaired) electrons. The molecule has 0 saturated heterocycles. The Morgan fingerprint density at radius 3 is 0.800 bits per heavy atom. The maximum absolute atomic E-state index is 6.92. The van der Waals surface area contributed by atoms with Crippen LogP contribution >= 0.6 is 18.9 Å². The van der Waals surface area contributed by atoms with Crippen molar-refractivity contribution in [3.8, 4) is 0 Å². The zero-order chi connectivity index (χ0) is 4.00. The van der Waals surface area contributed by atoms with E-state index in [1.165, 1.54) is 18.9 Å². The maximum atomic E-state index is 6.92. The van der Waals surface area contributed by atoms with Gasteiger partial charge in [-0.05, 0) is 18.9 Å². The van der Waals surface area contributed by atoms with Crippen molar-refractivity contribution < 1.29 is 30.9 Å². The molecule has 0 amide bonds. The summed E-state index contributed by atoms with van der Waals surface area (Å²) in [5.74, 6) is 0. The van der Waals surface area contributed by atoms with E-state index in [4.69, 9.17) is 9.79 Å². The molecule has 2 unspecified atom stereocenters. The standard InChI is InChI=1S/2H3OP.W/c2*1-2;/h2*1H,2H2;. The van der Waals surface area contributed by atoms with E-state index in [2.05, 4.69) is 0 Å². The van der Waals surface area contributed by atoms with Crippen LogP contribution in [-0.4, -0.2) is 9.79 Å². The molecule has 0 rings (SSSR count). The Bertz CT molecular complexity index is 7.61. The summed E-state index contributed by atoms with van der Waals surface area (Å²) in [6, 6.07) is 0. The Hall–Kier alpha value is 1.47. The van der Waals surface area contributed by atoms with Gasteiger partial charge < -0.3 is 9.79 Å². The fourth-order valence-electron chi connectivity index (χ4n) is 0. The van der Waals surface area contributed by atoms with Crippen LogP contribution in [0.1, 0.15) is 0 Å². The number of rotatable bonds is 0. The molecule has 0 aromatic heterocycles. The molecular formula is H6O2P2W. The molecule has 0 aliphatic carbocycles. The molecule has 0 spiro atoms. The van der Waals surface area contributed by atoms with Gasteiger partial charge in [-0.25, -0.2) is 0 Å². The summed E-state index contributed by atoms with van der Waals surface area (Å²) < 4.78 is 0. The van der Waals surface area contributed by atoms with Crippen molar-refractivity contribution in [3.63, 3.8) is 0 Å². The first-order valence-electron chi connectivity index (χ1n) is 0.516. The summed E-state index contributed by atoms with van der Waals surface area (Å²) >= 11 is 0. The van der Waals surface area contributed by atoms with Gasteiger partial charge in [0, 0.05) is 21.1 Å². The van der Waals surface area contributed by atoms with Crippen molar-refractivity contribution in [2.75, 3.05) is 0 Å². The van der Waals surface area contributed by atoms with Gasteiger partial charge in [0.05, 0.1) is 0 Å². The second kappa shape index (κ2) is 50.6. The Morgan fingerprint density at radius 2 is 0.800 bits per heavy atom. The fraction of sp³-hybridized carbons (Fsp3) is 0. The van der Waals surface area contributed by atoms with E-state index in [-0.39, 0.29) is 21.1 Å². The van der Waals surface area contributed by atoms with Crippen LogP contribution < -0.4 is 0 Å². The minimum atomic E-state index is 0. The zero-order valence-corrected chi connectivity index (χ0v) is 7.70. The molecule has 0 bridgehead atoms. The Balaban J connectivity index is -0.0000000133. The van der Waals surface area contributed by atoms with Gasteiger partial charge in [0.15, 0.2) is 0 Å². The summed E-state index contributed by atoms with van der Waals surface area (Å²) in [5, 5.41) is 0. The van der Waals surface area contributed by atoms with Crippen molar-refractivity contribution in [1.29, 1.82) is 0 Å². The first-order chi connectivity index (χ1) is 2.00. The van der Waals surface area contributed by atoms with Gasteiger partial charge in [-0.2, -0.15) is 0 Å². The molecule has 0 aromatic carbocycles. The molecule has 0 fully saturated rings. The van der Waals surface area contributed by atoms with Crippen LogP contribution in [0.3, 0.4) is 0 Å². The SMILES string of the molecule is OP.OP.[W]. The van der Waals surface area contributed by atoms with Gasteiger partial charge >= 0.3 is 0 Å². The molecule has 0 saturated carbocycles. The van der Waals surface area contributed by atoms with Crippen molar-refractivity contribution in [2.45, 2.75) is 0 Å². The summed E-state index contributed by atoms with van der Waals surface area (Å²) in [7, 11) is 2.83. The molecule has 2 N–H and O–H groups in total. The summed E-state index contributed by atoms with van der Waals surface area (Å²) in [6.45, 7) is 0. The summed E-state index contributed by atoms with van der Waals surface area (Å²) in [6.07, 6.45) is 0. The third-order valence-electron chi connectivity index (χ3n) is 0. The van der Waals surface area contributed by atoms with Crippen molar-refractivity contribution >= 4 is 18.9 Å². The average Bonchev–Trinajstić information content (AvgIpc) is 1.50. The van der Waals surface area contributed by atoms with E-state index >= 15 is 0 Å². The molecule has 34 valence electrons. The van der Waals surface area contributed by atoms with E-state index in [1.807, 2.05) is 0 Å². The van der Waals surface area contributed by atoms with Gasteiger partial charge in [0.2, 0.25) is 0 Å². The predicted molar refractivity (Wildman–Crippen MR) is 23.9 cm³/mol. The third kappa shape index (κ3) is 30.5. The second-order valence-corrected chi connectivity index (χ2v) is 0. The summed E-state index contributed by atoms with van der Waals surface area (Å²) in [5.41, 5.74) is 0.